The van der Waals surface area contributed by atoms with Gasteiger partial charge < -0.3 is 5.11 Å². The first-order valence-corrected chi connectivity index (χ1v) is 6.49. The molecule has 1 heterocycles. The van der Waals surface area contributed by atoms with Gasteiger partial charge in [0.25, 0.3) is 0 Å². The molecule has 0 aliphatic carbocycles. The number of halogens is 1. The third kappa shape index (κ3) is 3.51. The Balaban J connectivity index is 2.17. The number of hydrogen-bond donors (Lipinski definition) is 1. The van der Waals surface area contributed by atoms with Crippen LogP contribution in [0.1, 0.15) is 5.56 Å². The molecule has 0 saturated carbocycles. The maximum atomic E-state index is 13.2. The quantitative estimate of drug-likeness (QED) is 0.871. The minimum Gasteiger partial charge on any atom is -0.481 e. The molecule has 1 aromatic heterocycles. The average molecular weight is 278 g/mol. The van der Waals surface area contributed by atoms with Gasteiger partial charge in [-0.1, -0.05) is 11.8 Å². The van der Waals surface area contributed by atoms with E-state index in [0.717, 1.165) is 17.3 Å². The lowest BCUT2D eigenvalue weighted by Crippen LogP contribution is -1.99. The second-order valence-electron chi connectivity index (χ2n) is 3.90. The van der Waals surface area contributed by atoms with Crippen LogP contribution in [0.15, 0.2) is 35.4 Å². The summed E-state index contributed by atoms with van der Waals surface area (Å²) in [6, 6.07) is 8.16. The molecule has 4 nitrogen and oxygen atoms in total. The third-order valence-electron chi connectivity index (χ3n) is 2.44. The molecule has 1 N–H and O–H groups in total. The maximum Gasteiger partial charge on any atom is 0.313 e. The molecule has 0 fully saturated rings. The number of benzene rings is 1. The van der Waals surface area contributed by atoms with E-state index in [0.29, 0.717) is 16.3 Å². The number of carboxylic acid groups (broad SMARTS) is 1. The van der Waals surface area contributed by atoms with Gasteiger partial charge in [0.15, 0.2) is 0 Å². The zero-order valence-corrected chi connectivity index (χ0v) is 10.9. The molecule has 0 amide bonds. The number of carbonyl (C=O) groups is 1. The van der Waals surface area contributed by atoms with E-state index >= 15 is 0 Å². The van der Waals surface area contributed by atoms with Crippen LogP contribution in [-0.4, -0.2) is 27.0 Å². The number of hydrogen-bond acceptors (Lipinski definition) is 4. The molecule has 98 valence electrons. The van der Waals surface area contributed by atoms with Crippen molar-refractivity contribution in [2.24, 2.45) is 0 Å². The van der Waals surface area contributed by atoms with Crippen molar-refractivity contribution in [3.8, 4) is 11.3 Å². The van der Waals surface area contributed by atoms with Crippen molar-refractivity contribution in [2.75, 3.05) is 5.75 Å². The van der Waals surface area contributed by atoms with Crippen molar-refractivity contribution >= 4 is 17.7 Å². The van der Waals surface area contributed by atoms with Crippen molar-refractivity contribution in [2.45, 2.75) is 11.9 Å². The predicted octanol–water partition coefficient (Wildman–Crippen LogP) is 2.77. The monoisotopic (exact) mass is 278 g/mol. The standard InChI is InChI=1S/C13H11FN2O2S/c1-8-6-9(2-3-10(8)14)11-4-5-12(16-15-11)19-7-13(17)18/h2-6H,7H2,1H3,(H,17,18). The summed E-state index contributed by atoms with van der Waals surface area (Å²) in [7, 11) is 0. The number of nitrogens with zero attached hydrogens (tertiary/aromatic N) is 2. The van der Waals surface area contributed by atoms with Crippen LogP contribution in [0, 0.1) is 12.7 Å². The summed E-state index contributed by atoms with van der Waals surface area (Å²) in [6.45, 7) is 1.68. The summed E-state index contributed by atoms with van der Waals surface area (Å²) in [5, 5.41) is 17.1. The summed E-state index contributed by atoms with van der Waals surface area (Å²) >= 11 is 1.10. The number of rotatable bonds is 4. The first kappa shape index (κ1) is 13.5. The van der Waals surface area contributed by atoms with Crippen LogP contribution >= 0.6 is 11.8 Å². The number of aliphatic carboxylic acids is 1. The van der Waals surface area contributed by atoms with Gasteiger partial charge in [-0.25, -0.2) is 4.39 Å². The highest BCUT2D eigenvalue weighted by molar-refractivity contribution is 7.99. The van der Waals surface area contributed by atoms with Crippen LogP contribution in [0.5, 0.6) is 0 Å². The normalized spacial score (nSPS) is 10.4. The molecule has 0 aliphatic heterocycles. The van der Waals surface area contributed by atoms with Crippen LogP contribution in [-0.2, 0) is 4.79 Å². The van der Waals surface area contributed by atoms with Crippen LogP contribution < -0.4 is 0 Å². The van der Waals surface area contributed by atoms with Crippen molar-refractivity contribution < 1.29 is 14.3 Å². The van der Waals surface area contributed by atoms with Gasteiger partial charge in [0.2, 0.25) is 0 Å². The molecule has 0 unspecified atom stereocenters. The maximum absolute atomic E-state index is 13.2. The molecule has 0 atom stereocenters. The fraction of sp³-hybridized carbons (Fsp3) is 0.154. The van der Waals surface area contributed by atoms with E-state index in [2.05, 4.69) is 10.2 Å². The van der Waals surface area contributed by atoms with Gasteiger partial charge in [0, 0.05) is 5.56 Å². The van der Waals surface area contributed by atoms with Crippen molar-refractivity contribution in [3.05, 3.63) is 41.7 Å². The van der Waals surface area contributed by atoms with E-state index in [1.54, 1.807) is 31.2 Å². The number of aromatic nitrogens is 2. The zero-order chi connectivity index (χ0) is 13.8. The highest BCUT2D eigenvalue weighted by atomic mass is 32.2. The minimum absolute atomic E-state index is 0.0519. The van der Waals surface area contributed by atoms with Gasteiger partial charge in [0.05, 0.1) is 11.4 Å². The first-order valence-electron chi connectivity index (χ1n) is 5.51. The molecular formula is C13H11FN2O2S. The Kier molecular flexibility index (Phi) is 4.11. The van der Waals surface area contributed by atoms with E-state index in [-0.39, 0.29) is 11.6 Å². The molecule has 0 spiro atoms. The highest BCUT2D eigenvalue weighted by Gasteiger charge is 2.05. The Bertz CT molecular complexity index is 602. The number of thioether (sulfide) groups is 1. The Morgan fingerprint density at radius 3 is 2.68 bits per heavy atom. The van der Waals surface area contributed by atoms with Gasteiger partial charge in [-0.2, -0.15) is 0 Å². The van der Waals surface area contributed by atoms with Crippen molar-refractivity contribution in [3.63, 3.8) is 0 Å². The topological polar surface area (TPSA) is 63.1 Å². The van der Waals surface area contributed by atoms with Crippen molar-refractivity contribution in [1.29, 1.82) is 0 Å². The molecule has 2 aromatic rings. The predicted molar refractivity (Wildman–Crippen MR) is 70.5 cm³/mol. The van der Waals surface area contributed by atoms with Crippen LogP contribution in [0.25, 0.3) is 11.3 Å². The molecule has 1 aromatic carbocycles. The molecule has 19 heavy (non-hydrogen) atoms. The Labute approximate surface area is 113 Å². The summed E-state index contributed by atoms with van der Waals surface area (Å²) in [5.74, 6) is -1.21. The van der Waals surface area contributed by atoms with E-state index in [4.69, 9.17) is 5.11 Å². The fourth-order valence-electron chi connectivity index (χ4n) is 1.49. The zero-order valence-electron chi connectivity index (χ0n) is 10.1. The Morgan fingerprint density at radius 1 is 1.32 bits per heavy atom. The summed E-state index contributed by atoms with van der Waals surface area (Å²) < 4.78 is 13.2. The first-order chi connectivity index (χ1) is 9.06. The highest BCUT2D eigenvalue weighted by Crippen LogP contribution is 2.21. The lowest BCUT2D eigenvalue weighted by Gasteiger charge is -2.03. The van der Waals surface area contributed by atoms with E-state index in [9.17, 15) is 9.18 Å². The molecule has 0 aliphatic rings. The van der Waals surface area contributed by atoms with Gasteiger partial charge in [-0.3, -0.25) is 4.79 Å². The van der Waals surface area contributed by atoms with Gasteiger partial charge in [-0.05, 0) is 42.8 Å². The Morgan fingerprint density at radius 2 is 2.11 bits per heavy atom. The molecular weight excluding hydrogens is 267 g/mol. The van der Waals surface area contributed by atoms with Crippen LogP contribution in [0.3, 0.4) is 0 Å². The molecule has 2 rings (SSSR count). The summed E-state index contributed by atoms with van der Waals surface area (Å²) in [6.07, 6.45) is 0. The second-order valence-corrected chi connectivity index (χ2v) is 4.90. The SMILES string of the molecule is Cc1cc(-c2ccc(SCC(=O)O)nn2)ccc1F. The fourth-order valence-corrected chi connectivity index (χ4v) is 2.02. The Hall–Kier alpha value is -1.95. The van der Waals surface area contributed by atoms with Crippen LogP contribution in [0.2, 0.25) is 0 Å². The van der Waals surface area contributed by atoms with Gasteiger partial charge in [-0.15, -0.1) is 10.2 Å². The lowest BCUT2D eigenvalue weighted by molar-refractivity contribution is -0.133. The van der Waals surface area contributed by atoms with Gasteiger partial charge in [0.1, 0.15) is 10.8 Å². The van der Waals surface area contributed by atoms with Gasteiger partial charge >= 0.3 is 5.97 Å². The van der Waals surface area contributed by atoms with E-state index in [1.165, 1.54) is 6.07 Å². The van der Waals surface area contributed by atoms with E-state index in [1.807, 2.05) is 0 Å². The second kappa shape index (κ2) is 5.79. The molecule has 0 radical (unpaired) electrons. The summed E-state index contributed by atoms with van der Waals surface area (Å²) in [4.78, 5) is 10.4. The third-order valence-corrected chi connectivity index (χ3v) is 3.34. The molecule has 6 heteroatoms. The average Bonchev–Trinajstić information content (AvgIpc) is 2.40. The smallest absolute Gasteiger partial charge is 0.313 e. The minimum atomic E-state index is -0.898. The largest absolute Gasteiger partial charge is 0.481 e. The van der Waals surface area contributed by atoms with Crippen LogP contribution in [0.4, 0.5) is 4.39 Å². The number of aryl methyl sites for hydroxylation is 1. The molecule has 0 bridgehead atoms. The number of carboxylic acids is 1. The lowest BCUT2D eigenvalue weighted by atomic mass is 10.1. The molecule has 0 saturated heterocycles. The van der Waals surface area contributed by atoms with Crippen molar-refractivity contribution in [1.82, 2.24) is 10.2 Å². The summed E-state index contributed by atoms with van der Waals surface area (Å²) in [5.41, 5.74) is 1.95. The van der Waals surface area contributed by atoms with E-state index < -0.39 is 5.97 Å².